The largest absolute Gasteiger partial charge is 0.497 e. The van der Waals surface area contributed by atoms with Gasteiger partial charge in [-0.05, 0) is 71.3 Å². The Hall–Kier alpha value is -3.14. The van der Waals surface area contributed by atoms with Crippen LogP contribution in [-0.4, -0.2) is 31.6 Å². The zero-order valence-corrected chi connectivity index (χ0v) is 20.9. The van der Waals surface area contributed by atoms with Crippen molar-refractivity contribution in [2.24, 2.45) is 5.92 Å². The number of fused-ring (bicyclic) bond motifs is 1. The molecule has 0 aliphatic carbocycles. The van der Waals surface area contributed by atoms with Crippen molar-refractivity contribution >= 4 is 10.8 Å². The summed E-state index contributed by atoms with van der Waals surface area (Å²) in [6.45, 7) is 6.52. The lowest BCUT2D eigenvalue weighted by molar-refractivity contribution is 0.143. The molecule has 180 valence electrons. The third-order valence-corrected chi connectivity index (χ3v) is 7.59. The van der Waals surface area contributed by atoms with Gasteiger partial charge in [-0.25, -0.2) is 0 Å². The third kappa shape index (κ3) is 5.58. The average Bonchev–Trinajstić information content (AvgIpc) is 2.92. The fourth-order valence-corrected chi connectivity index (χ4v) is 5.65. The minimum Gasteiger partial charge on any atom is -0.497 e. The molecular formula is C32H36N2O. The first-order valence-electron chi connectivity index (χ1n) is 12.8. The van der Waals surface area contributed by atoms with Crippen LogP contribution in [0.4, 0.5) is 0 Å². The SMILES string of the molecule is COc1ccc(CN2CCC(c3ccccc3)C(CN[C@H](C)c3cccc4ccccc34)C2)cc1. The number of benzene rings is 4. The Kier molecular flexibility index (Phi) is 7.46. The quantitative estimate of drug-likeness (QED) is 0.310. The van der Waals surface area contributed by atoms with Crippen molar-refractivity contribution in [2.45, 2.75) is 31.8 Å². The number of ether oxygens (including phenoxy) is 1. The molecule has 1 heterocycles. The smallest absolute Gasteiger partial charge is 0.118 e. The number of hydrogen-bond acceptors (Lipinski definition) is 3. The van der Waals surface area contributed by atoms with Crippen LogP contribution in [0, 0.1) is 5.92 Å². The first-order chi connectivity index (χ1) is 17.2. The summed E-state index contributed by atoms with van der Waals surface area (Å²) in [4.78, 5) is 2.62. The second kappa shape index (κ2) is 11.1. The van der Waals surface area contributed by atoms with Crippen LogP contribution in [0.15, 0.2) is 97.1 Å². The van der Waals surface area contributed by atoms with Crippen molar-refractivity contribution in [2.75, 3.05) is 26.7 Å². The van der Waals surface area contributed by atoms with Crippen molar-refractivity contribution in [1.82, 2.24) is 10.2 Å². The van der Waals surface area contributed by atoms with E-state index in [-0.39, 0.29) is 0 Å². The number of nitrogens with zero attached hydrogens (tertiary/aromatic N) is 1. The van der Waals surface area contributed by atoms with Crippen LogP contribution in [0.3, 0.4) is 0 Å². The summed E-state index contributed by atoms with van der Waals surface area (Å²) in [5.41, 5.74) is 4.20. The van der Waals surface area contributed by atoms with E-state index < -0.39 is 0 Å². The van der Waals surface area contributed by atoms with E-state index in [4.69, 9.17) is 4.74 Å². The molecule has 0 aromatic heterocycles. The minimum atomic E-state index is 0.300. The lowest BCUT2D eigenvalue weighted by Crippen LogP contribution is -2.43. The molecule has 1 N–H and O–H groups in total. The Labute approximate surface area is 209 Å². The first kappa shape index (κ1) is 23.6. The summed E-state index contributed by atoms with van der Waals surface area (Å²) >= 11 is 0. The molecule has 3 nitrogen and oxygen atoms in total. The van der Waals surface area contributed by atoms with E-state index in [9.17, 15) is 0 Å². The molecule has 1 saturated heterocycles. The number of piperidine rings is 1. The average molecular weight is 465 g/mol. The molecule has 1 fully saturated rings. The van der Waals surface area contributed by atoms with Crippen LogP contribution in [0.2, 0.25) is 0 Å². The van der Waals surface area contributed by atoms with Crippen LogP contribution in [0.5, 0.6) is 5.75 Å². The molecule has 3 heteroatoms. The second-order valence-corrected chi connectivity index (χ2v) is 9.85. The van der Waals surface area contributed by atoms with Crippen molar-refractivity contribution in [3.8, 4) is 5.75 Å². The van der Waals surface area contributed by atoms with Crippen molar-refractivity contribution in [3.63, 3.8) is 0 Å². The van der Waals surface area contributed by atoms with E-state index in [2.05, 4.69) is 114 Å². The van der Waals surface area contributed by atoms with E-state index in [1.807, 2.05) is 0 Å². The molecule has 0 radical (unpaired) electrons. The van der Waals surface area contributed by atoms with Gasteiger partial charge in [0, 0.05) is 25.7 Å². The van der Waals surface area contributed by atoms with Crippen LogP contribution in [0.1, 0.15) is 42.0 Å². The molecule has 4 aromatic rings. The Morgan fingerprint density at radius 2 is 1.63 bits per heavy atom. The molecule has 0 amide bonds. The number of hydrogen-bond donors (Lipinski definition) is 1. The highest BCUT2D eigenvalue weighted by Gasteiger charge is 2.30. The van der Waals surface area contributed by atoms with Gasteiger partial charge in [-0.3, -0.25) is 4.90 Å². The monoisotopic (exact) mass is 464 g/mol. The fraction of sp³-hybridized carbons (Fsp3) is 0.312. The van der Waals surface area contributed by atoms with Gasteiger partial charge in [0.2, 0.25) is 0 Å². The molecule has 1 aliphatic heterocycles. The highest BCUT2D eigenvalue weighted by atomic mass is 16.5. The molecule has 4 aromatic carbocycles. The second-order valence-electron chi connectivity index (χ2n) is 9.85. The maximum atomic E-state index is 5.33. The Morgan fingerprint density at radius 1 is 0.886 bits per heavy atom. The molecule has 0 bridgehead atoms. The van der Waals surface area contributed by atoms with Crippen LogP contribution < -0.4 is 10.1 Å². The predicted molar refractivity (Wildman–Crippen MR) is 146 cm³/mol. The van der Waals surface area contributed by atoms with Gasteiger partial charge in [0.25, 0.3) is 0 Å². The number of nitrogens with one attached hydrogen (secondary N) is 1. The summed E-state index contributed by atoms with van der Waals surface area (Å²) in [6, 6.07) is 35.3. The maximum absolute atomic E-state index is 5.33. The molecule has 35 heavy (non-hydrogen) atoms. The Morgan fingerprint density at radius 3 is 2.43 bits per heavy atom. The topological polar surface area (TPSA) is 24.5 Å². The highest BCUT2D eigenvalue weighted by molar-refractivity contribution is 5.86. The summed E-state index contributed by atoms with van der Waals surface area (Å²) in [7, 11) is 1.72. The van der Waals surface area contributed by atoms with Crippen LogP contribution >= 0.6 is 0 Å². The molecule has 2 unspecified atom stereocenters. The van der Waals surface area contributed by atoms with Crippen LogP contribution in [-0.2, 0) is 6.54 Å². The number of methoxy groups -OCH3 is 1. The summed E-state index contributed by atoms with van der Waals surface area (Å²) in [6.07, 6.45) is 1.19. The van der Waals surface area contributed by atoms with Gasteiger partial charge < -0.3 is 10.1 Å². The van der Waals surface area contributed by atoms with Gasteiger partial charge in [-0.15, -0.1) is 0 Å². The first-order valence-corrected chi connectivity index (χ1v) is 12.8. The van der Waals surface area contributed by atoms with Crippen molar-refractivity contribution in [1.29, 1.82) is 0 Å². The third-order valence-electron chi connectivity index (χ3n) is 7.59. The normalized spacial score (nSPS) is 19.5. The zero-order valence-electron chi connectivity index (χ0n) is 20.9. The lowest BCUT2D eigenvalue weighted by Gasteiger charge is -2.39. The van der Waals surface area contributed by atoms with E-state index in [1.165, 1.54) is 33.9 Å². The number of rotatable bonds is 8. The van der Waals surface area contributed by atoms with Gasteiger partial charge in [0.05, 0.1) is 7.11 Å². The van der Waals surface area contributed by atoms with E-state index in [0.717, 1.165) is 31.9 Å². The molecule has 0 spiro atoms. The van der Waals surface area contributed by atoms with Crippen molar-refractivity contribution < 1.29 is 4.74 Å². The fourth-order valence-electron chi connectivity index (χ4n) is 5.65. The number of likely N-dealkylation sites (tertiary alicyclic amines) is 1. The highest BCUT2D eigenvalue weighted by Crippen LogP contribution is 2.34. The summed E-state index contributed by atoms with van der Waals surface area (Å²) < 4.78 is 5.33. The van der Waals surface area contributed by atoms with E-state index >= 15 is 0 Å². The molecule has 1 aliphatic rings. The molecule has 5 rings (SSSR count). The predicted octanol–water partition coefficient (Wildman–Crippen LogP) is 6.80. The van der Waals surface area contributed by atoms with E-state index in [0.29, 0.717) is 17.9 Å². The van der Waals surface area contributed by atoms with Crippen LogP contribution in [0.25, 0.3) is 10.8 Å². The minimum absolute atomic E-state index is 0.300. The van der Waals surface area contributed by atoms with Gasteiger partial charge >= 0.3 is 0 Å². The summed E-state index contributed by atoms with van der Waals surface area (Å²) in [5, 5.41) is 6.57. The molecule has 3 atom stereocenters. The lowest BCUT2D eigenvalue weighted by atomic mass is 9.80. The molecular weight excluding hydrogens is 428 g/mol. The van der Waals surface area contributed by atoms with Gasteiger partial charge in [0.15, 0.2) is 0 Å². The van der Waals surface area contributed by atoms with Gasteiger partial charge in [-0.2, -0.15) is 0 Å². The summed E-state index contributed by atoms with van der Waals surface area (Å²) in [5.74, 6) is 2.05. The Bertz CT molecular complexity index is 1220. The Balaban J connectivity index is 1.31. The zero-order chi connectivity index (χ0) is 24.0. The standard InChI is InChI=1S/C32H36N2O/c1-24(30-14-8-12-27-11-6-7-13-32(27)30)33-21-28-23-34(22-25-15-17-29(35-2)18-16-25)20-19-31(28)26-9-4-3-5-10-26/h3-18,24,28,31,33H,19-23H2,1-2H3/t24-,28?,31?/m1/s1. The maximum Gasteiger partial charge on any atom is 0.118 e. The molecule has 0 saturated carbocycles. The van der Waals surface area contributed by atoms with Gasteiger partial charge in [0.1, 0.15) is 5.75 Å². The van der Waals surface area contributed by atoms with Crippen molar-refractivity contribution in [3.05, 3.63) is 114 Å². The van der Waals surface area contributed by atoms with E-state index in [1.54, 1.807) is 7.11 Å². The van der Waals surface area contributed by atoms with Gasteiger partial charge in [-0.1, -0.05) is 84.9 Å².